The number of aryl methyl sites for hydroxylation is 2. The fourth-order valence-electron chi connectivity index (χ4n) is 3.57. The van der Waals surface area contributed by atoms with E-state index in [2.05, 4.69) is 9.97 Å². The Morgan fingerprint density at radius 1 is 1.19 bits per heavy atom. The van der Waals surface area contributed by atoms with Crippen molar-refractivity contribution in [1.29, 1.82) is 0 Å². The van der Waals surface area contributed by atoms with Gasteiger partial charge >= 0.3 is 11.7 Å². The van der Waals surface area contributed by atoms with Crippen LogP contribution in [0.1, 0.15) is 54.9 Å². The second-order valence-corrected chi connectivity index (χ2v) is 7.40. The number of nitro benzene ring substituents is 1. The van der Waals surface area contributed by atoms with E-state index >= 15 is 0 Å². The summed E-state index contributed by atoms with van der Waals surface area (Å²) in [6.07, 6.45) is 2.28. The average molecular weight is 443 g/mol. The number of carbonyl (C=O) groups excluding carboxylic acids is 1. The molecular formula is C21H25N5O6. The zero-order valence-electron chi connectivity index (χ0n) is 18.2. The smallest absolute Gasteiger partial charge is 0.339 e. The molecule has 0 radical (unpaired) electrons. The zero-order valence-corrected chi connectivity index (χ0v) is 18.2. The number of nitrogens with zero attached hydrogens (tertiary/aromatic N) is 4. The molecule has 0 aliphatic heterocycles. The van der Waals surface area contributed by atoms with Crippen molar-refractivity contribution in [3.8, 4) is 0 Å². The Morgan fingerprint density at radius 2 is 1.94 bits per heavy atom. The summed E-state index contributed by atoms with van der Waals surface area (Å²) >= 11 is 0. The maximum absolute atomic E-state index is 12.6. The van der Waals surface area contributed by atoms with Gasteiger partial charge in [-0.1, -0.05) is 26.3 Å². The molecule has 1 N–H and O–H groups in total. The Labute approximate surface area is 182 Å². The lowest BCUT2D eigenvalue weighted by Gasteiger charge is -2.09. The molecular weight excluding hydrogens is 418 g/mol. The van der Waals surface area contributed by atoms with Crippen molar-refractivity contribution in [3.63, 3.8) is 0 Å². The quantitative estimate of drug-likeness (QED) is 0.304. The Bertz CT molecular complexity index is 1290. The first-order valence-corrected chi connectivity index (χ1v) is 10.4. The van der Waals surface area contributed by atoms with Crippen LogP contribution in [0.25, 0.3) is 11.2 Å². The number of aromatic amines is 1. The molecule has 0 spiro atoms. The van der Waals surface area contributed by atoms with Gasteiger partial charge in [-0.2, -0.15) is 0 Å². The van der Waals surface area contributed by atoms with E-state index < -0.39 is 22.1 Å². The molecule has 0 saturated heterocycles. The molecule has 32 heavy (non-hydrogen) atoms. The van der Waals surface area contributed by atoms with Crippen LogP contribution in [0.15, 0.2) is 27.8 Å². The van der Waals surface area contributed by atoms with Crippen molar-refractivity contribution in [2.75, 3.05) is 0 Å². The van der Waals surface area contributed by atoms with Crippen LogP contribution in [0.5, 0.6) is 0 Å². The summed E-state index contributed by atoms with van der Waals surface area (Å²) < 4.78 is 8.45. The standard InChI is InChI=1S/C21H25N5O6/c1-4-6-11-25-18-17(19(27)23-21(25)29)24(10-5-2)16(22-18)12-32-20(28)14-8-7-9-15(13(14)3)26(30)31/h7-9H,4-6,10-12H2,1-3H3,(H,23,27,29). The van der Waals surface area contributed by atoms with Crippen molar-refractivity contribution in [2.24, 2.45) is 0 Å². The molecule has 0 fully saturated rings. The fraction of sp³-hybridized carbons (Fsp3) is 0.429. The number of fused-ring (bicyclic) bond motifs is 1. The van der Waals surface area contributed by atoms with Crippen molar-refractivity contribution in [2.45, 2.75) is 59.7 Å². The van der Waals surface area contributed by atoms with Crippen LogP contribution in [-0.4, -0.2) is 30.0 Å². The molecule has 3 aromatic rings. The molecule has 170 valence electrons. The van der Waals surface area contributed by atoms with E-state index in [0.717, 1.165) is 12.8 Å². The Balaban J connectivity index is 1.99. The largest absolute Gasteiger partial charge is 0.454 e. The molecule has 0 unspecified atom stereocenters. The molecule has 0 atom stereocenters. The number of benzene rings is 1. The second-order valence-electron chi connectivity index (χ2n) is 7.40. The van der Waals surface area contributed by atoms with Gasteiger partial charge < -0.3 is 9.30 Å². The zero-order chi connectivity index (χ0) is 23.4. The van der Waals surface area contributed by atoms with Crippen molar-refractivity contribution < 1.29 is 14.5 Å². The molecule has 0 aliphatic carbocycles. The van der Waals surface area contributed by atoms with Gasteiger partial charge in [0, 0.05) is 24.7 Å². The van der Waals surface area contributed by atoms with E-state index in [4.69, 9.17) is 4.74 Å². The van der Waals surface area contributed by atoms with Crippen LogP contribution in [0.2, 0.25) is 0 Å². The molecule has 0 bridgehead atoms. The van der Waals surface area contributed by atoms with Gasteiger partial charge in [-0.15, -0.1) is 0 Å². The first-order valence-electron chi connectivity index (χ1n) is 10.4. The number of ether oxygens (including phenoxy) is 1. The number of hydrogen-bond acceptors (Lipinski definition) is 7. The summed E-state index contributed by atoms with van der Waals surface area (Å²) in [6, 6.07) is 4.18. The van der Waals surface area contributed by atoms with Crippen LogP contribution in [0, 0.1) is 17.0 Å². The number of hydrogen-bond donors (Lipinski definition) is 1. The van der Waals surface area contributed by atoms with Gasteiger partial charge in [-0.3, -0.25) is 24.5 Å². The number of unbranched alkanes of at least 4 members (excludes halogenated alkanes) is 1. The monoisotopic (exact) mass is 443 g/mol. The molecule has 0 amide bonds. The lowest BCUT2D eigenvalue weighted by molar-refractivity contribution is -0.385. The highest BCUT2D eigenvalue weighted by atomic mass is 16.6. The molecule has 0 saturated carbocycles. The summed E-state index contributed by atoms with van der Waals surface area (Å²) in [6.45, 7) is 5.98. The van der Waals surface area contributed by atoms with Crippen LogP contribution in [0.3, 0.4) is 0 Å². The third-order valence-corrected chi connectivity index (χ3v) is 5.20. The second kappa shape index (κ2) is 9.58. The number of carbonyl (C=O) groups is 1. The fourth-order valence-corrected chi connectivity index (χ4v) is 3.57. The highest BCUT2D eigenvalue weighted by molar-refractivity contribution is 5.92. The van der Waals surface area contributed by atoms with Gasteiger partial charge in [0.05, 0.1) is 10.5 Å². The molecule has 1 aromatic carbocycles. The third-order valence-electron chi connectivity index (χ3n) is 5.20. The predicted octanol–water partition coefficient (Wildman–Crippen LogP) is 2.67. The highest BCUT2D eigenvalue weighted by Crippen LogP contribution is 2.22. The van der Waals surface area contributed by atoms with Crippen molar-refractivity contribution in [3.05, 3.63) is 66.1 Å². The maximum atomic E-state index is 12.6. The molecule has 3 rings (SSSR count). The molecule has 2 aromatic heterocycles. The van der Waals surface area contributed by atoms with E-state index in [1.807, 2.05) is 13.8 Å². The average Bonchev–Trinajstić information content (AvgIpc) is 3.10. The van der Waals surface area contributed by atoms with Gasteiger partial charge in [0.25, 0.3) is 11.2 Å². The lowest BCUT2D eigenvalue weighted by Crippen LogP contribution is -2.31. The summed E-state index contributed by atoms with van der Waals surface area (Å²) in [7, 11) is 0. The number of nitro groups is 1. The number of nitrogens with one attached hydrogen (secondary N) is 1. The van der Waals surface area contributed by atoms with Crippen LogP contribution < -0.4 is 11.2 Å². The Hall–Kier alpha value is -3.76. The maximum Gasteiger partial charge on any atom is 0.339 e. The predicted molar refractivity (Wildman–Crippen MR) is 117 cm³/mol. The van der Waals surface area contributed by atoms with Gasteiger partial charge in [0.2, 0.25) is 0 Å². The summed E-state index contributed by atoms with van der Waals surface area (Å²) in [5.74, 6) is -0.418. The summed E-state index contributed by atoms with van der Waals surface area (Å²) in [5.41, 5.74) is -0.481. The number of H-pyrrole nitrogens is 1. The molecule has 0 aliphatic rings. The SMILES string of the molecule is CCCCn1c(=O)[nH]c(=O)c2c1nc(COC(=O)c1cccc([N+](=O)[O-])c1C)n2CCC. The number of aromatic nitrogens is 4. The van der Waals surface area contributed by atoms with Crippen LogP contribution in [0.4, 0.5) is 5.69 Å². The minimum Gasteiger partial charge on any atom is -0.454 e. The molecule has 2 heterocycles. The van der Waals surface area contributed by atoms with E-state index in [9.17, 15) is 24.5 Å². The first-order chi connectivity index (χ1) is 15.3. The lowest BCUT2D eigenvalue weighted by atomic mass is 10.1. The van der Waals surface area contributed by atoms with Gasteiger partial charge in [0.1, 0.15) is 12.4 Å². The molecule has 11 heteroatoms. The summed E-state index contributed by atoms with van der Waals surface area (Å²) in [5, 5.41) is 11.1. The Morgan fingerprint density at radius 3 is 2.59 bits per heavy atom. The minimum absolute atomic E-state index is 0.0788. The van der Waals surface area contributed by atoms with Crippen molar-refractivity contribution in [1.82, 2.24) is 19.1 Å². The minimum atomic E-state index is -0.737. The van der Waals surface area contributed by atoms with Gasteiger partial charge in [-0.05, 0) is 25.8 Å². The van der Waals surface area contributed by atoms with E-state index in [0.29, 0.717) is 25.3 Å². The molecule has 11 nitrogen and oxygen atoms in total. The Kier molecular flexibility index (Phi) is 6.86. The first kappa shape index (κ1) is 22.9. The van der Waals surface area contributed by atoms with E-state index in [1.165, 1.54) is 29.7 Å². The number of esters is 1. The van der Waals surface area contributed by atoms with Gasteiger partial charge in [-0.25, -0.2) is 14.6 Å². The summed E-state index contributed by atoms with van der Waals surface area (Å²) in [4.78, 5) is 54.9. The third kappa shape index (κ3) is 4.32. The number of imidazole rings is 1. The normalized spacial score (nSPS) is 11.1. The topological polar surface area (TPSA) is 142 Å². The van der Waals surface area contributed by atoms with Gasteiger partial charge in [0.15, 0.2) is 11.2 Å². The van der Waals surface area contributed by atoms with Crippen molar-refractivity contribution >= 4 is 22.8 Å². The van der Waals surface area contributed by atoms with Crippen LogP contribution in [-0.2, 0) is 24.4 Å². The number of rotatable bonds is 9. The van der Waals surface area contributed by atoms with E-state index in [-0.39, 0.29) is 34.6 Å². The van der Waals surface area contributed by atoms with Crippen LogP contribution >= 0.6 is 0 Å². The van der Waals surface area contributed by atoms with E-state index in [1.54, 1.807) is 4.57 Å². The highest BCUT2D eigenvalue weighted by Gasteiger charge is 2.22.